The first-order valence-electron chi connectivity index (χ1n) is 4.48. The number of hydrogen-bond acceptors (Lipinski definition) is 4. The maximum Gasteiger partial charge on any atom is 0.339 e. The van der Waals surface area contributed by atoms with Crippen LogP contribution >= 0.6 is 22.6 Å². The van der Waals surface area contributed by atoms with Gasteiger partial charge < -0.3 is 15.2 Å². The Labute approximate surface area is 110 Å². The third kappa shape index (κ3) is 3.55. The summed E-state index contributed by atoms with van der Waals surface area (Å²) >= 11 is 1.84. The molecule has 17 heavy (non-hydrogen) atoms. The molecule has 1 aromatic carbocycles. The number of esters is 1. The number of nitrogens with one attached hydrogen (secondary N) is 1. The molecule has 0 saturated heterocycles. The van der Waals surface area contributed by atoms with E-state index < -0.39 is 24.3 Å². The van der Waals surface area contributed by atoms with Crippen molar-refractivity contribution in [1.29, 1.82) is 0 Å². The van der Waals surface area contributed by atoms with Crippen LogP contribution < -0.4 is 5.32 Å². The number of methoxy groups -OCH3 is 1. The first-order chi connectivity index (χ1) is 7.95. The number of hydrogen-bond donors (Lipinski definition) is 2. The summed E-state index contributed by atoms with van der Waals surface area (Å²) in [5.41, 5.74) is 0.135. The number of ether oxygens (including phenoxy) is 1. The fourth-order valence-electron chi connectivity index (χ4n) is 1.12. The predicted octanol–water partition coefficient (Wildman–Crippen LogP) is 1.71. The van der Waals surface area contributed by atoms with E-state index in [0.29, 0.717) is 3.57 Å². The van der Waals surface area contributed by atoms with Gasteiger partial charge in [0.2, 0.25) is 0 Å². The quantitative estimate of drug-likeness (QED) is 0.637. The molecule has 0 fully saturated rings. The van der Waals surface area contributed by atoms with E-state index in [1.807, 2.05) is 22.6 Å². The number of benzene rings is 1. The number of aliphatic carboxylic acids is 1. The van der Waals surface area contributed by atoms with Gasteiger partial charge in [-0.3, -0.25) is 4.79 Å². The van der Waals surface area contributed by atoms with Crippen LogP contribution in [0.1, 0.15) is 10.4 Å². The number of carbonyl (C=O) groups is 2. The molecule has 0 bridgehead atoms. The molecule has 0 saturated carbocycles. The Morgan fingerprint density at radius 1 is 1.53 bits per heavy atom. The standard InChI is InChI=1S/C10H9FINO4/c1-17-10(16)5-2-6(11)8(3-7(5)12)13-4-9(14)15/h2-3,13H,4H2,1H3,(H,14,15). The first-order valence-corrected chi connectivity index (χ1v) is 5.56. The van der Waals surface area contributed by atoms with Gasteiger partial charge in [-0.25, -0.2) is 9.18 Å². The summed E-state index contributed by atoms with van der Waals surface area (Å²) in [5, 5.41) is 10.9. The smallest absolute Gasteiger partial charge is 0.339 e. The number of carbonyl (C=O) groups excluding carboxylic acids is 1. The van der Waals surface area contributed by atoms with Gasteiger partial charge in [0.25, 0.3) is 0 Å². The molecule has 0 unspecified atom stereocenters. The molecule has 0 aliphatic heterocycles. The van der Waals surface area contributed by atoms with E-state index in [4.69, 9.17) is 5.11 Å². The number of anilines is 1. The second-order valence-corrected chi connectivity index (χ2v) is 4.21. The molecule has 0 atom stereocenters. The fraction of sp³-hybridized carbons (Fsp3) is 0.200. The van der Waals surface area contributed by atoms with E-state index in [2.05, 4.69) is 10.1 Å². The van der Waals surface area contributed by atoms with Crippen molar-refractivity contribution in [3.63, 3.8) is 0 Å². The molecular formula is C10H9FINO4. The van der Waals surface area contributed by atoms with Crippen molar-refractivity contribution in [2.24, 2.45) is 0 Å². The van der Waals surface area contributed by atoms with E-state index in [1.54, 1.807) is 0 Å². The van der Waals surface area contributed by atoms with Crippen molar-refractivity contribution in [1.82, 2.24) is 0 Å². The highest BCUT2D eigenvalue weighted by molar-refractivity contribution is 14.1. The van der Waals surface area contributed by atoms with Gasteiger partial charge in [0, 0.05) is 3.57 Å². The fourth-order valence-corrected chi connectivity index (χ4v) is 1.81. The summed E-state index contributed by atoms with van der Waals surface area (Å²) in [6.07, 6.45) is 0. The maximum atomic E-state index is 13.5. The molecule has 0 aliphatic rings. The lowest BCUT2D eigenvalue weighted by atomic mass is 10.2. The summed E-state index contributed by atoms with van der Waals surface area (Å²) in [5.74, 6) is -2.44. The lowest BCUT2D eigenvalue weighted by Crippen LogP contribution is -2.14. The van der Waals surface area contributed by atoms with Crippen LogP contribution in [0.5, 0.6) is 0 Å². The van der Waals surface area contributed by atoms with Gasteiger partial charge in [0.15, 0.2) is 0 Å². The highest BCUT2D eigenvalue weighted by Crippen LogP contribution is 2.22. The van der Waals surface area contributed by atoms with E-state index in [0.717, 1.165) is 6.07 Å². The normalized spacial score (nSPS) is 9.82. The van der Waals surface area contributed by atoms with Crippen molar-refractivity contribution in [3.8, 4) is 0 Å². The zero-order chi connectivity index (χ0) is 13.0. The van der Waals surface area contributed by atoms with Gasteiger partial charge in [0.1, 0.15) is 12.4 Å². The highest BCUT2D eigenvalue weighted by Gasteiger charge is 2.15. The van der Waals surface area contributed by atoms with Crippen molar-refractivity contribution in [2.75, 3.05) is 19.0 Å². The van der Waals surface area contributed by atoms with E-state index in [9.17, 15) is 14.0 Å². The molecule has 92 valence electrons. The largest absolute Gasteiger partial charge is 0.480 e. The topological polar surface area (TPSA) is 75.6 Å². The molecule has 0 radical (unpaired) electrons. The summed E-state index contributed by atoms with van der Waals surface area (Å²) in [4.78, 5) is 21.6. The Bertz CT molecular complexity index is 464. The van der Waals surface area contributed by atoms with E-state index in [-0.39, 0.29) is 11.3 Å². The first kappa shape index (κ1) is 13.7. The van der Waals surface area contributed by atoms with Gasteiger partial charge in [-0.1, -0.05) is 0 Å². The van der Waals surface area contributed by atoms with E-state index in [1.165, 1.54) is 13.2 Å². The van der Waals surface area contributed by atoms with Crippen molar-refractivity contribution in [2.45, 2.75) is 0 Å². The van der Waals surface area contributed by atoms with Crippen LogP contribution in [-0.2, 0) is 9.53 Å². The SMILES string of the molecule is COC(=O)c1cc(F)c(NCC(=O)O)cc1I. The van der Waals surface area contributed by atoms with Crippen LogP contribution in [0.3, 0.4) is 0 Å². The lowest BCUT2D eigenvalue weighted by molar-refractivity contribution is -0.134. The van der Waals surface area contributed by atoms with Crippen LogP contribution in [0.25, 0.3) is 0 Å². The van der Waals surface area contributed by atoms with Crippen molar-refractivity contribution < 1.29 is 23.8 Å². The van der Waals surface area contributed by atoms with Gasteiger partial charge in [-0.2, -0.15) is 0 Å². The van der Waals surface area contributed by atoms with Gasteiger partial charge in [-0.05, 0) is 34.7 Å². The van der Waals surface area contributed by atoms with Crippen LogP contribution in [-0.4, -0.2) is 30.7 Å². The number of carboxylic acids is 1. The zero-order valence-corrected chi connectivity index (χ0v) is 10.9. The number of halogens is 2. The predicted molar refractivity (Wildman–Crippen MR) is 66.6 cm³/mol. The second kappa shape index (κ2) is 5.80. The monoisotopic (exact) mass is 353 g/mol. The zero-order valence-electron chi connectivity index (χ0n) is 8.79. The summed E-state index contributed by atoms with van der Waals surface area (Å²) < 4.78 is 18.5. The van der Waals surface area contributed by atoms with Gasteiger partial charge >= 0.3 is 11.9 Å². The minimum Gasteiger partial charge on any atom is -0.480 e. The Kier molecular flexibility index (Phi) is 4.67. The maximum absolute atomic E-state index is 13.5. The molecule has 0 spiro atoms. The molecule has 0 aromatic heterocycles. The minimum atomic E-state index is -1.10. The third-order valence-corrected chi connectivity index (χ3v) is 2.78. The Balaban J connectivity index is 3.01. The van der Waals surface area contributed by atoms with Gasteiger partial charge in [-0.15, -0.1) is 0 Å². The third-order valence-electron chi connectivity index (χ3n) is 1.89. The van der Waals surface area contributed by atoms with Crippen molar-refractivity contribution >= 4 is 40.2 Å². The number of carboxylic acid groups (broad SMARTS) is 1. The van der Waals surface area contributed by atoms with E-state index >= 15 is 0 Å². The molecule has 1 aromatic rings. The van der Waals surface area contributed by atoms with Gasteiger partial charge in [0.05, 0.1) is 18.4 Å². The highest BCUT2D eigenvalue weighted by atomic mass is 127. The van der Waals surface area contributed by atoms with Crippen LogP contribution in [0.15, 0.2) is 12.1 Å². The molecule has 2 N–H and O–H groups in total. The lowest BCUT2D eigenvalue weighted by Gasteiger charge is -2.08. The summed E-state index contributed by atoms with van der Waals surface area (Å²) in [6.45, 7) is -0.398. The molecule has 5 nitrogen and oxygen atoms in total. The Morgan fingerprint density at radius 2 is 2.18 bits per heavy atom. The molecule has 7 heteroatoms. The van der Waals surface area contributed by atoms with Crippen LogP contribution in [0, 0.1) is 9.39 Å². The molecule has 0 aliphatic carbocycles. The summed E-state index contributed by atoms with van der Waals surface area (Å²) in [7, 11) is 1.20. The average molecular weight is 353 g/mol. The molecular weight excluding hydrogens is 344 g/mol. The average Bonchev–Trinajstić information content (AvgIpc) is 2.28. The number of rotatable bonds is 4. The van der Waals surface area contributed by atoms with Crippen LogP contribution in [0.4, 0.5) is 10.1 Å². The molecule has 1 rings (SSSR count). The Morgan fingerprint density at radius 3 is 2.71 bits per heavy atom. The van der Waals surface area contributed by atoms with Crippen LogP contribution in [0.2, 0.25) is 0 Å². The molecule has 0 amide bonds. The van der Waals surface area contributed by atoms with Crippen molar-refractivity contribution in [3.05, 3.63) is 27.1 Å². The minimum absolute atomic E-state index is 0.0319. The second-order valence-electron chi connectivity index (χ2n) is 3.05. The molecule has 0 heterocycles. The summed E-state index contributed by atoms with van der Waals surface area (Å²) in [6, 6.07) is 2.36. The Hall–Kier alpha value is -1.38.